The number of piperidine rings is 1. The molecule has 0 atom stereocenters. The molecule has 136 valence electrons. The van der Waals surface area contributed by atoms with Crippen molar-refractivity contribution < 1.29 is 8.42 Å². The fourth-order valence-corrected chi connectivity index (χ4v) is 5.82. The molecule has 0 aliphatic carbocycles. The topological polar surface area (TPSA) is 66.4 Å². The minimum atomic E-state index is -2.80. The van der Waals surface area contributed by atoms with Crippen molar-refractivity contribution >= 4 is 37.2 Å². The van der Waals surface area contributed by atoms with Crippen LogP contribution in [0.1, 0.15) is 25.6 Å². The largest absolute Gasteiger partial charge is 0.356 e. The molecule has 25 heavy (non-hydrogen) atoms. The molecule has 0 amide bonds. The molecule has 0 bridgehead atoms. The van der Waals surface area contributed by atoms with Crippen molar-refractivity contribution in [2.24, 2.45) is 0 Å². The molecule has 8 heteroatoms. The molecular formula is C17H24N4O2S2. The van der Waals surface area contributed by atoms with Crippen molar-refractivity contribution in [1.82, 2.24) is 14.9 Å². The number of hydrogen-bond donors (Lipinski definition) is 0. The van der Waals surface area contributed by atoms with Crippen molar-refractivity contribution in [1.29, 1.82) is 0 Å². The average molecular weight is 381 g/mol. The predicted molar refractivity (Wildman–Crippen MR) is 102 cm³/mol. The Morgan fingerprint density at radius 1 is 1.16 bits per heavy atom. The van der Waals surface area contributed by atoms with Gasteiger partial charge >= 0.3 is 0 Å². The molecule has 0 spiro atoms. The molecule has 2 aromatic heterocycles. The highest BCUT2D eigenvalue weighted by Crippen LogP contribution is 2.30. The molecule has 6 nitrogen and oxygen atoms in total. The van der Waals surface area contributed by atoms with Crippen molar-refractivity contribution in [3.63, 3.8) is 0 Å². The second-order valence-corrected chi connectivity index (χ2v) is 10.1. The zero-order valence-electron chi connectivity index (χ0n) is 14.5. The van der Waals surface area contributed by atoms with E-state index in [-0.39, 0.29) is 0 Å². The Balaban J connectivity index is 1.46. The van der Waals surface area contributed by atoms with Crippen LogP contribution in [0.2, 0.25) is 0 Å². The molecule has 0 unspecified atom stereocenters. The minimum Gasteiger partial charge on any atom is -0.356 e. The molecule has 0 saturated carbocycles. The van der Waals surface area contributed by atoms with Crippen molar-refractivity contribution in [3.8, 4) is 0 Å². The second kappa shape index (κ2) is 6.81. The van der Waals surface area contributed by atoms with Gasteiger partial charge in [0.15, 0.2) is 9.84 Å². The first kappa shape index (κ1) is 17.2. The second-order valence-electron chi connectivity index (χ2n) is 6.86. The minimum absolute atomic E-state index is 0.314. The van der Waals surface area contributed by atoms with Crippen LogP contribution in [0.5, 0.6) is 0 Å². The Bertz CT molecular complexity index is 843. The van der Waals surface area contributed by atoms with Crippen LogP contribution in [0.4, 0.5) is 5.82 Å². The maximum absolute atomic E-state index is 11.6. The van der Waals surface area contributed by atoms with Gasteiger partial charge in [-0.25, -0.2) is 18.4 Å². The number of rotatable bonds is 3. The average Bonchev–Trinajstić information content (AvgIpc) is 3.09. The van der Waals surface area contributed by atoms with Gasteiger partial charge in [0.05, 0.1) is 16.9 Å². The summed E-state index contributed by atoms with van der Waals surface area (Å²) in [6.45, 7) is 5.41. The SMILES string of the molecule is CCc1nc(N2CCC(N3CCS(=O)(=O)CC3)CC2)c2ccsc2n1. The van der Waals surface area contributed by atoms with E-state index in [2.05, 4.69) is 33.2 Å². The lowest BCUT2D eigenvalue weighted by Gasteiger charge is -2.40. The summed E-state index contributed by atoms with van der Waals surface area (Å²) in [4.78, 5) is 15.3. The molecule has 2 aliphatic rings. The third-order valence-corrected chi connectivity index (χ3v) is 7.74. The van der Waals surface area contributed by atoms with Crippen molar-refractivity contribution in [2.75, 3.05) is 42.6 Å². The highest BCUT2D eigenvalue weighted by Gasteiger charge is 2.30. The maximum Gasteiger partial charge on any atom is 0.152 e. The van der Waals surface area contributed by atoms with Crippen LogP contribution in [0, 0.1) is 0 Å². The lowest BCUT2D eigenvalue weighted by atomic mass is 10.0. The zero-order valence-corrected chi connectivity index (χ0v) is 16.2. The smallest absolute Gasteiger partial charge is 0.152 e. The van der Waals surface area contributed by atoms with E-state index < -0.39 is 9.84 Å². The first-order valence-corrected chi connectivity index (χ1v) is 11.7. The summed E-state index contributed by atoms with van der Waals surface area (Å²) in [6, 6.07) is 2.62. The Morgan fingerprint density at radius 2 is 1.88 bits per heavy atom. The van der Waals surface area contributed by atoms with Gasteiger partial charge < -0.3 is 4.90 Å². The van der Waals surface area contributed by atoms with Gasteiger partial charge in [0, 0.05) is 38.6 Å². The van der Waals surface area contributed by atoms with Gasteiger partial charge in [0.25, 0.3) is 0 Å². The third kappa shape index (κ3) is 3.52. The lowest BCUT2D eigenvalue weighted by molar-refractivity contribution is 0.182. The van der Waals surface area contributed by atoms with E-state index in [1.54, 1.807) is 11.3 Å². The summed E-state index contributed by atoms with van der Waals surface area (Å²) in [7, 11) is -2.80. The normalized spacial score (nSPS) is 22.5. The van der Waals surface area contributed by atoms with Gasteiger partial charge in [-0.2, -0.15) is 0 Å². The molecule has 0 aromatic carbocycles. The number of anilines is 1. The summed E-state index contributed by atoms with van der Waals surface area (Å²) < 4.78 is 23.3. The van der Waals surface area contributed by atoms with Crippen LogP contribution < -0.4 is 4.90 Å². The van der Waals surface area contributed by atoms with Crippen LogP contribution in [0.15, 0.2) is 11.4 Å². The van der Waals surface area contributed by atoms with E-state index in [1.807, 2.05) is 0 Å². The van der Waals surface area contributed by atoms with E-state index in [1.165, 1.54) is 0 Å². The van der Waals surface area contributed by atoms with E-state index in [9.17, 15) is 8.42 Å². The Labute approximate surface area is 152 Å². The third-order valence-electron chi connectivity index (χ3n) is 5.33. The monoisotopic (exact) mass is 380 g/mol. The van der Waals surface area contributed by atoms with E-state index >= 15 is 0 Å². The number of aryl methyl sites for hydroxylation is 1. The van der Waals surface area contributed by atoms with Crippen molar-refractivity contribution in [3.05, 3.63) is 17.3 Å². The summed E-state index contributed by atoms with van der Waals surface area (Å²) in [5, 5.41) is 3.24. The van der Waals surface area contributed by atoms with Gasteiger partial charge in [0.2, 0.25) is 0 Å². The van der Waals surface area contributed by atoms with Crippen LogP contribution in [-0.4, -0.2) is 67.0 Å². The van der Waals surface area contributed by atoms with Gasteiger partial charge in [-0.3, -0.25) is 4.90 Å². The molecular weight excluding hydrogens is 356 g/mol. The number of hydrogen-bond acceptors (Lipinski definition) is 7. The number of nitrogens with zero attached hydrogens (tertiary/aromatic N) is 4. The number of thiophene rings is 1. The molecule has 2 aliphatic heterocycles. The Morgan fingerprint density at radius 3 is 2.56 bits per heavy atom. The standard InChI is InChI=1S/C17H24N4O2S2/c1-2-15-18-16(14-5-10-24-17(14)19-15)21-6-3-13(4-7-21)20-8-11-25(22,23)12-9-20/h5,10,13H,2-4,6-9,11-12H2,1H3. The quantitative estimate of drug-likeness (QED) is 0.811. The first-order chi connectivity index (χ1) is 12.1. The Hall–Kier alpha value is -1.25. The number of aromatic nitrogens is 2. The van der Waals surface area contributed by atoms with Crippen LogP contribution >= 0.6 is 11.3 Å². The maximum atomic E-state index is 11.6. The van der Waals surface area contributed by atoms with Gasteiger partial charge in [-0.1, -0.05) is 6.92 Å². The van der Waals surface area contributed by atoms with E-state index in [4.69, 9.17) is 4.98 Å². The Kier molecular flexibility index (Phi) is 4.68. The molecule has 4 rings (SSSR count). The molecule has 4 heterocycles. The molecule has 2 saturated heterocycles. The van der Waals surface area contributed by atoms with Crippen LogP contribution in [0.3, 0.4) is 0 Å². The highest BCUT2D eigenvalue weighted by molar-refractivity contribution is 7.91. The number of sulfone groups is 1. The first-order valence-electron chi connectivity index (χ1n) is 8.99. The van der Waals surface area contributed by atoms with Crippen LogP contribution in [-0.2, 0) is 16.3 Å². The van der Waals surface area contributed by atoms with E-state index in [0.29, 0.717) is 30.6 Å². The summed E-state index contributed by atoms with van der Waals surface area (Å²) in [5.74, 6) is 2.61. The van der Waals surface area contributed by atoms with E-state index in [0.717, 1.165) is 54.2 Å². The lowest BCUT2D eigenvalue weighted by Crippen LogP contribution is -2.50. The summed E-state index contributed by atoms with van der Waals surface area (Å²) >= 11 is 1.68. The molecule has 2 fully saturated rings. The predicted octanol–water partition coefficient (Wildman–Crippen LogP) is 1.95. The van der Waals surface area contributed by atoms with Crippen molar-refractivity contribution in [2.45, 2.75) is 32.2 Å². The molecule has 0 N–H and O–H groups in total. The fraction of sp³-hybridized carbons (Fsp3) is 0.647. The van der Waals surface area contributed by atoms with Gasteiger partial charge in [-0.05, 0) is 24.3 Å². The van der Waals surface area contributed by atoms with Crippen LogP contribution in [0.25, 0.3) is 10.2 Å². The van der Waals surface area contributed by atoms with Gasteiger partial charge in [-0.15, -0.1) is 11.3 Å². The fourth-order valence-electron chi connectivity index (χ4n) is 3.82. The van der Waals surface area contributed by atoms with Gasteiger partial charge in [0.1, 0.15) is 16.5 Å². The summed E-state index contributed by atoms with van der Waals surface area (Å²) in [5.41, 5.74) is 0. The highest BCUT2D eigenvalue weighted by atomic mass is 32.2. The summed E-state index contributed by atoms with van der Waals surface area (Å²) in [6.07, 6.45) is 2.98. The number of fused-ring (bicyclic) bond motifs is 1. The molecule has 0 radical (unpaired) electrons. The zero-order chi connectivity index (χ0) is 17.4. The molecule has 2 aromatic rings.